The molecule has 5 nitrogen and oxygen atoms in total. The number of amides is 2. The van der Waals surface area contributed by atoms with Crippen LogP contribution in [0, 0.1) is 19.3 Å². The van der Waals surface area contributed by atoms with E-state index in [2.05, 4.69) is 5.32 Å². The number of hydrogen-bond acceptors (Lipinski definition) is 3. The second kappa shape index (κ2) is 4.57. The van der Waals surface area contributed by atoms with E-state index in [0.29, 0.717) is 0 Å². The fourth-order valence-electron chi connectivity index (χ4n) is 2.51. The number of urea groups is 1. The van der Waals surface area contributed by atoms with Gasteiger partial charge in [-0.05, 0) is 56.5 Å². The quantitative estimate of drug-likeness (QED) is 0.764. The van der Waals surface area contributed by atoms with Gasteiger partial charge in [0.25, 0.3) is 0 Å². The van der Waals surface area contributed by atoms with E-state index < -0.39 is 6.04 Å². The highest BCUT2D eigenvalue weighted by Gasteiger charge is 2.38. The fraction of sp³-hybridized carbons (Fsp3) is 0.429. The Morgan fingerprint density at radius 3 is 2.32 bits per heavy atom. The standard InChI is InChI=1S/C14H19N3O2/c1-7(2)17-11(13(15)16-14(17)19)10-5-8(3)12(18)9(4)6-10/h5-7,11,18H,1-4H3,(H2,15,16,19). The summed E-state index contributed by atoms with van der Waals surface area (Å²) in [7, 11) is 0. The van der Waals surface area contributed by atoms with Gasteiger partial charge in [-0.15, -0.1) is 0 Å². The fourth-order valence-corrected chi connectivity index (χ4v) is 2.51. The number of phenols is 1. The predicted octanol–water partition coefficient (Wildman–Crippen LogP) is 2.46. The summed E-state index contributed by atoms with van der Waals surface area (Å²) in [5.41, 5.74) is 2.36. The summed E-state index contributed by atoms with van der Waals surface area (Å²) >= 11 is 0. The van der Waals surface area contributed by atoms with Gasteiger partial charge in [-0.25, -0.2) is 4.79 Å². The Bertz CT molecular complexity index is 529. The first-order valence-corrected chi connectivity index (χ1v) is 6.30. The van der Waals surface area contributed by atoms with Gasteiger partial charge in [0.1, 0.15) is 17.6 Å². The van der Waals surface area contributed by atoms with E-state index in [4.69, 9.17) is 5.41 Å². The van der Waals surface area contributed by atoms with Gasteiger partial charge in [0.15, 0.2) is 0 Å². The third-order valence-corrected chi connectivity index (χ3v) is 3.41. The highest BCUT2D eigenvalue weighted by molar-refractivity contribution is 6.06. The molecule has 1 fully saturated rings. The number of amidine groups is 1. The van der Waals surface area contributed by atoms with Crippen molar-refractivity contribution in [2.24, 2.45) is 0 Å². The van der Waals surface area contributed by atoms with Crippen molar-refractivity contribution in [3.63, 3.8) is 0 Å². The lowest BCUT2D eigenvalue weighted by Gasteiger charge is -2.27. The number of phenolic OH excluding ortho intramolecular Hbond substituents is 1. The molecule has 1 heterocycles. The van der Waals surface area contributed by atoms with Crippen molar-refractivity contribution in [3.05, 3.63) is 28.8 Å². The van der Waals surface area contributed by atoms with Gasteiger partial charge in [-0.1, -0.05) is 0 Å². The lowest BCUT2D eigenvalue weighted by Crippen LogP contribution is -2.35. The maximum absolute atomic E-state index is 11.9. The topological polar surface area (TPSA) is 76.4 Å². The largest absolute Gasteiger partial charge is 0.507 e. The Morgan fingerprint density at radius 1 is 1.32 bits per heavy atom. The maximum atomic E-state index is 11.9. The number of nitrogens with zero attached hydrogens (tertiary/aromatic N) is 1. The van der Waals surface area contributed by atoms with Crippen molar-refractivity contribution in [2.45, 2.75) is 39.8 Å². The molecule has 0 aliphatic carbocycles. The first-order chi connectivity index (χ1) is 8.82. The molecule has 2 rings (SSSR count). The highest BCUT2D eigenvalue weighted by atomic mass is 16.3. The molecule has 0 radical (unpaired) electrons. The zero-order valence-corrected chi connectivity index (χ0v) is 11.6. The molecule has 1 unspecified atom stereocenters. The Kier molecular flexibility index (Phi) is 3.22. The molecule has 1 aromatic rings. The van der Waals surface area contributed by atoms with Crippen molar-refractivity contribution >= 4 is 11.9 Å². The van der Waals surface area contributed by atoms with Gasteiger partial charge in [-0.3, -0.25) is 10.7 Å². The Morgan fingerprint density at radius 2 is 1.84 bits per heavy atom. The molecule has 1 aromatic carbocycles. The summed E-state index contributed by atoms with van der Waals surface area (Å²) in [6.45, 7) is 7.48. The van der Waals surface area contributed by atoms with Crippen LogP contribution in [0.3, 0.4) is 0 Å². The normalized spacial score (nSPS) is 19.2. The SMILES string of the molecule is Cc1cc(C2C(=N)NC(=O)N2C(C)C)cc(C)c1O. The highest BCUT2D eigenvalue weighted by Crippen LogP contribution is 2.32. The summed E-state index contributed by atoms with van der Waals surface area (Å²) < 4.78 is 0. The summed E-state index contributed by atoms with van der Waals surface area (Å²) in [4.78, 5) is 13.5. The number of carbonyl (C=O) groups is 1. The molecule has 3 N–H and O–H groups in total. The third-order valence-electron chi connectivity index (χ3n) is 3.41. The minimum absolute atomic E-state index is 0.00210. The number of aryl methyl sites for hydroxylation is 2. The Labute approximate surface area is 112 Å². The van der Waals surface area contributed by atoms with Crippen LogP contribution in [-0.2, 0) is 0 Å². The van der Waals surface area contributed by atoms with E-state index in [1.807, 2.05) is 39.8 Å². The molecule has 0 bridgehead atoms. The molecule has 0 aromatic heterocycles. The minimum Gasteiger partial charge on any atom is -0.507 e. The zero-order valence-electron chi connectivity index (χ0n) is 11.6. The number of aromatic hydroxyl groups is 1. The first kappa shape index (κ1) is 13.4. The van der Waals surface area contributed by atoms with Crippen LogP contribution in [0.25, 0.3) is 0 Å². The van der Waals surface area contributed by atoms with Gasteiger partial charge in [0.05, 0.1) is 0 Å². The lowest BCUT2D eigenvalue weighted by atomic mass is 9.98. The van der Waals surface area contributed by atoms with E-state index in [-0.39, 0.29) is 23.7 Å². The second-order valence-electron chi connectivity index (χ2n) is 5.25. The molecule has 1 saturated heterocycles. The molecule has 2 amide bonds. The Hall–Kier alpha value is -2.04. The zero-order chi connectivity index (χ0) is 14.3. The summed E-state index contributed by atoms with van der Waals surface area (Å²) in [6.07, 6.45) is 0. The van der Waals surface area contributed by atoms with Gasteiger partial charge >= 0.3 is 6.03 Å². The summed E-state index contributed by atoms with van der Waals surface area (Å²) in [6, 6.07) is 3.02. The first-order valence-electron chi connectivity index (χ1n) is 6.30. The van der Waals surface area contributed by atoms with Crippen molar-refractivity contribution in [2.75, 3.05) is 0 Å². The van der Waals surface area contributed by atoms with Gasteiger partial charge in [0.2, 0.25) is 0 Å². The number of rotatable bonds is 2. The summed E-state index contributed by atoms with van der Waals surface area (Å²) in [5.74, 6) is 0.451. The number of nitrogens with one attached hydrogen (secondary N) is 2. The van der Waals surface area contributed by atoms with Gasteiger partial charge in [-0.2, -0.15) is 0 Å². The van der Waals surface area contributed by atoms with Crippen LogP contribution >= 0.6 is 0 Å². The maximum Gasteiger partial charge on any atom is 0.323 e. The lowest BCUT2D eigenvalue weighted by molar-refractivity contribution is 0.190. The molecular formula is C14H19N3O2. The summed E-state index contributed by atoms with van der Waals surface area (Å²) in [5, 5.41) is 20.3. The third kappa shape index (κ3) is 2.16. The monoisotopic (exact) mass is 261 g/mol. The van der Waals surface area contributed by atoms with Crippen molar-refractivity contribution in [1.82, 2.24) is 10.2 Å². The molecule has 102 valence electrons. The van der Waals surface area contributed by atoms with Crippen molar-refractivity contribution in [3.8, 4) is 5.75 Å². The van der Waals surface area contributed by atoms with E-state index in [1.165, 1.54) is 0 Å². The number of benzene rings is 1. The van der Waals surface area contributed by atoms with Crippen LogP contribution in [0.4, 0.5) is 4.79 Å². The predicted molar refractivity (Wildman–Crippen MR) is 73.6 cm³/mol. The smallest absolute Gasteiger partial charge is 0.323 e. The van der Waals surface area contributed by atoms with Crippen LogP contribution in [0.1, 0.15) is 36.6 Å². The van der Waals surface area contributed by atoms with Crippen LogP contribution < -0.4 is 5.32 Å². The van der Waals surface area contributed by atoms with Crippen molar-refractivity contribution < 1.29 is 9.90 Å². The van der Waals surface area contributed by atoms with Crippen LogP contribution in [0.5, 0.6) is 5.75 Å². The second-order valence-corrected chi connectivity index (χ2v) is 5.25. The molecular weight excluding hydrogens is 242 g/mol. The van der Waals surface area contributed by atoms with Crippen LogP contribution in [-0.4, -0.2) is 27.9 Å². The molecule has 19 heavy (non-hydrogen) atoms. The van der Waals surface area contributed by atoms with E-state index >= 15 is 0 Å². The molecule has 1 aliphatic heterocycles. The van der Waals surface area contributed by atoms with E-state index in [0.717, 1.165) is 16.7 Å². The molecule has 1 atom stereocenters. The van der Waals surface area contributed by atoms with E-state index in [9.17, 15) is 9.90 Å². The van der Waals surface area contributed by atoms with Gasteiger partial charge in [0, 0.05) is 6.04 Å². The van der Waals surface area contributed by atoms with Gasteiger partial charge < -0.3 is 10.0 Å². The molecule has 1 aliphatic rings. The number of carbonyl (C=O) groups excluding carboxylic acids is 1. The van der Waals surface area contributed by atoms with Crippen molar-refractivity contribution in [1.29, 1.82) is 5.41 Å². The number of hydrogen-bond donors (Lipinski definition) is 3. The van der Waals surface area contributed by atoms with Crippen LogP contribution in [0.2, 0.25) is 0 Å². The molecule has 0 spiro atoms. The minimum atomic E-state index is -0.398. The molecule has 5 heteroatoms. The average Bonchev–Trinajstić information content (AvgIpc) is 2.60. The van der Waals surface area contributed by atoms with E-state index in [1.54, 1.807) is 4.90 Å². The molecule has 0 saturated carbocycles. The average molecular weight is 261 g/mol. The Balaban J connectivity index is 2.50. The van der Waals surface area contributed by atoms with Crippen LogP contribution in [0.15, 0.2) is 12.1 Å².